The summed E-state index contributed by atoms with van der Waals surface area (Å²) in [5, 5.41) is 1.59. The average molecular weight is 344 g/mol. The quantitative estimate of drug-likeness (QED) is 0.700. The summed E-state index contributed by atoms with van der Waals surface area (Å²) in [6.45, 7) is 3.54. The van der Waals surface area contributed by atoms with Gasteiger partial charge in [0.15, 0.2) is 0 Å². The van der Waals surface area contributed by atoms with Gasteiger partial charge in [-0.2, -0.15) is 0 Å². The van der Waals surface area contributed by atoms with Crippen molar-refractivity contribution < 1.29 is 4.57 Å². The number of hydrogen-bond donors (Lipinski definition) is 0. The normalized spacial score (nSPS) is 11.6. The first-order chi connectivity index (χ1) is 8.38. The van der Waals surface area contributed by atoms with Crippen LogP contribution in [0.1, 0.15) is 0 Å². The van der Waals surface area contributed by atoms with E-state index in [0.29, 0.717) is 5.02 Å². The van der Waals surface area contributed by atoms with Crippen LogP contribution in [0, 0.1) is 0 Å². The molecule has 0 aliphatic heterocycles. The average Bonchev–Trinajstić information content (AvgIpc) is 2.28. The van der Waals surface area contributed by atoms with Crippen molar-refractivity contribution in [2.45, 2.75) is 0 Å². The Morgan fingerprint density at radius 2 is 1.67 bits per heavy atom. The smallest absolute Gasteiger partial charge is 0.109 e. The van der Waals surface area contributed by atoms with Crippen LogP contribution in [0.3, 0.4) is 0 Å². The van der Waals surface area contributed by atoms with E-state index in [1.165, 1.54) is 0 Å². The molecule has 0 spiro atoms. The van der Waals surface area contributed by atoms with Crippen LogP contribution in [0.25, 0.3) is 11.1 Å². The van der Waals surface area contributed by atoms with Gasteiger partial charge in [0.2, 0.25) is 0 Å². The van der Waals surface area contributed by atoms with E-state index < -0.39 is 7.14 Å². The molecule has 94 valence electrons. The third-order valence-corrected chi connectivity index (χ3v) is 5.08. The standard InChI is InChI=1S/C14H13BrClOP/c1-18(2,17)12-6-3-10(4-7-12)13-8-5-11(15)9-14(13)16/h3-9H,1-2H3. The van der Waals surface area contributed by atoms with Crippen LogP contribution >= 0.6 is 34.7 Å². The molecular formula is C14H13BrClOP. The van der Waals surface area contributed by atoms with Crippen molar-refractivity contribution in [2.75, 3.05) is 13.3 Å². The zero-order chi connectivity index (χ0) is 13.3. The van der Waals surface area contributed by atoms with Crippen molar-refractivity contribution in [2.24, 2.45) is 0 Å². The van der Waals surface area contributed by atoms with Gasteiger partial charge in [0.25, 0.3) is 0 Å². The lowest BCUT2D eigenvalue weighted by Gasteiger charge is -2.09. The van der Waals surface area contributed by atoms with Crippen LogP contribution in [-0.2, 0) is 4.57 Å². The fourth-order valence-corrected chi connectivity index (χ4v) is 3.37. The van der Waals surface area contributed by atoms with Crippen LogP contribution in [0.4, 0.5) is 0 Å². The summed E-state index contributed by atoms with van der Waals surface area (Å²) in [6.07, 6.45) is 0. The minimum absolute atomic E-state index is 0.702. The summed E-state index contributed by atoms with van der Waals surface area (Å²) < 4.78 is 12.9. The fraction of sp³-hybridized carbons (Fsp3) is 0.143. The van der Waals surface area contributed by atoms with Gasteiger partial charge in [-0.1, -0.05) is 57.9 Å². The van der Waals surface area contributed by atoms with Crippen LogP contribution < -0.4 is 5.30 Å². The van der Waals surface area contributed by atoms with Crippen LogP contribution in [-0.4, -0.2) is 13.3 Å². The van der Waals surface area contributed by atoms with Gasteiger partial charge >= 0.3 is 0 Å². The minimum atomic E-state index is -2.19. The lowest BCUT2D eigenvalue weighted by atomic mass is 10.1. The van der Waals surface area contributed by atoms with E-state index in [1.807, 2.05) is 42.5 Å². The van der Waals surface area contributed by atoms with E-state index in [1.54, 1.807) is 13.3 Å². The van der Waals surface area contributed by atoms with E-state index in [9.17, 15) is 4.57 Å². The summed E-state index contributed by atoms with van der Waals surface area (Å²) >= 11 is 9.59. The number of rotatable bonds is 2. The molecule has 0 aliphatic rings. The van der Waals surface area contributed by atoms with E-state index >= 15 is 0 Å². The molecule has 0 radical (unpaired) electrons. The van der Waals surface area contributed by atoms with Crippen molar-refractivity contribution in [1.82, 2.24) is 0 Å². The Morgan fingerprint density at radius 1 is 1.06 bits per heavy atom. The summed E-state index contributed by atoms with van der Waals surface area (Å²) in [7, 11) is -2.19. The zero-order valence-electron chi connectivity index (χ0n) is 10.2. The maximum absolute atomic E-state index is 11.9. The van der Waals surface area contributed by atoms with E-state index in [-0.39, 0.29) is 0 Å². The van der Waals surface area contributed by atoms with Gasteiger partial charge in [-0.15, -0.1) is 0 Å². The van der Waals surface area contributed by atoms with Gasteiger partial charge in [0.1, 0.15) is 7.14 Å². The number of halogens is 2. The molecule has 4 heteroatoms. The third-order valence-electron chi connectivity index (χ3n) is 2.73. The van der Waals surface area contributed by atoms with Gasteiger partial charge in [-0.25, -0.2) is 0 Å². The highest BCUT2D eigenvalue weighted by molar-refractivity contribution is 9.10. The highest BCUT2D eigenvalue weighted by Crippen LogP contribution is 2.36. The topological polar surface area (TPSA) is 17.1 Å². The van der Waals surface area contributed by atoms with E-state index in [2.05, 4.69) is 15.9 Å². The van der Waals surface area contributed by atoms with E-state index in [4.69, 9.17) is 11.6 Å². The summed E-state index contributed by atoms with van der Waals surface area (Å²) in [5.74, 6) is 0. The van der Waals surface area contributed by atoms with Gasteiger partial charge in [0.05, 0.1) is 0 Å². The SMILES string of the molecule is CP(C)(=O)c1ccc(-c2ccc(Br)cc2Cl)cc1. The molecule has 2 aromatic carbocycles. The second-order valence-electron chi connectivity index (χ2n) is 4.52. The number of benzene rings is 2. The lowest BCUT2D eigenvalue weighted by Crippen LogP contribution is -2.01. The first kappa shape index (κ1) is 13.9. The summed E-state index contributed by atoms with van der Waals surface area (Å²) in [6, 6.07) is 13.5. The maximum atomic E-state index is 11.9. The van der Waals surface area contributed by atoms with Gasteiger partial charge < -0.3 is 4.57 Å². The van der Waals surface area contributed by atoms with Crippen molar-refractivity contribution in [3.05, 3.63) is 52.0 Å². The second-order valence-corrected chi connectivity index (χ2v) is 9.06. The highest BCUT2D eigenvalue weighted by atomic mass is 79.9. The molecule has 0 saturated heterocycles. The Morgan fingerprint density at radius 3 is 2.17 bits per heavy atom. The lowest BCUT2D eigenvalue weighted by molar-refractivity contribution is 0.588. The molecule has 2 rings (SSSR count). The Kier molecular flexibility index (Phi) is 4.01. The van der Waals surface area contributed by atoms with Crippen molar-refractivity contribution in [1.29, 1.82) is 0 Å². The van der Waals surface area contributed by atoms with Crippen molar-refractivity contribution >= 4 is 40.0 Å². The molecule has 1 nitrogen and oxygen atoms in total. The van der Waals surface area contributed by atoms with Gasteiger partial charge in [0, 0.05) is 20.4 Å². The molecule has 0 saturated carbocycles. The second kappa shape index (κ2) is 5.21. The molecule has 0 bridgehead atoms. The highest BCUT2D eigenvalue weighted by Gasteiger charge is 2.11. The van der Waals surface area contributed by atoms with Crippen LogP contribution in [0.15, 0.2) is 46.9 Å². The molecule has 0 N–H and O–H groups in total. The first-order valence-corrected chi connectivity index (χ1v) is 9.26. The van der Waals surface area contributed by atoms with Crippen LogP contribution in [0.5, 0.6) is 0 Å². The summed E-state index contributed by atoms with van der Waals surface area (Å²) in [4.78, 5) is 0. The zero-order valence-corrected chi connectivity index (χ0v) is 13.4. The Balaban J connectivity index is 2.44. The predicted molar refractivity (Wildman–Crippen MR) is 83.7 cm³/mol. The molecule has 0 atom stereocenters. The van der Waals surface area contributed by atoms with Crippen LogP contribution in [0.2, 0.25) is 5.02 Å². The molecule has 2 aromatic rings. The predicted octanol–water partition coefficient (Wildman–Crippen LogP) is 5.02. The van der Waals surface area contributed by atoms with Crippen molar-refractivity contribution in [3.63, 3.8) is 0 Å². The molecule has 0 aromatic heterocycles. The molecule has 0 aliphatic carbocycles. The third kappa shape index (κ3) is 3.06. The Hall–Kier alpha value is -0.560. The summed E-state index contributed by atoms with van der Waals surface area (Å²) in [5.41, 5.74) is 2.01. The fourth-order valence-electron chi connectivity index (χ4n) is 1.72. The molecule has 0 fully saturated rings. The molecule has 18 heavy (non-hydrogen) atoms. The van der Waals surface area contributed by atoms with Gasteiger partial charge in [-0.3, -0.25) is 0 Å². The molecule has 0 unspecified atom stereocenters. The molecular weight excluding hydrogens is 330 g/mol. The monoisotopic (exact) mass is 342 g/mol. The van der Waals surface area contributed by atoms with Gasteiger partial charge in [-0.05, 0) is 31.0 Å². The van der Waals surface area contributed by atoms with Crippen molar-refractivity contribution in [3.8, 4) is 11.1 Å². The minimum Gasteiger partial charge on any atom is -0.319 e. The Labute approximate surface area is 121 Å². The largest absolute Gasteiger partial charge is 0.319 e. The first-order valence-electron chi connectivity index (χ1n) is 5.49. The number of hydrogen-bond acceptors (Lipinski definition) is 1. The molecule has 0 heterocycles. The van der Waals surface area contributed by atoms with E-state index in [0.717, 1.165) is 20.9 Å². The molecule has 0 amide bonds. The maximum Gasteiger partial charge on any atom is 0.109 e. The Bertz CT molecular complexity index is 616.